The van der Waals surface area contributed by atoms with E-state index >= 15 is 0 Å². The molecule has 2 heterocycles. The van der Waals surface area contributed by atoms with E-state index in [2.05, 4.69) is 25.7 Å². The third-order valence-corrected chi connectivity index (χ3v) is 3.96. The molecule has 1 amide bonds. The number of rotatable bonds is 8. The molecule has 0 aliphatic heterocycles. The first-order chi connectivity index (χ1) is 14.0. The molecule has 3 rings (SSSR count). The van der Waals surface area contributed by atoms with Crippen LogP contribution in [0.2, 0.25) is 0 Å². The number of aryl methyl sites for hydroxylation is 2. The molecule has 0 unspecified atom stereocenters. The first-order valence-electron chi connectivity index (χ1n) is 9.07. The second-order valence-corrected chi connectivity index (χ2v) is 6.21. The first kappa shape index (κ1) is 20.1. The minimum absolute atomic E-state index is 0.0790. The second kappa shape index (κ2) is 9.00. The largest absolute Gasteiger partial charge is 0.493 e. The summed E-state index contributed by atoms with van der Waals surface area (Å²) in [7, 11) is 1.54. The van der Waals surface area contributed by atoms with Crippen molar-refractivity contribution in [1.82, 2.24) is 30.0 Å². The minimum Gasteiger partial charge on any atom is -0.493 e. The van der Waals surface area contributed by atoms with Gasteiger partial charge in [0, 0.05) is 12.2 Å². The Morgan fingerprint density at radius 2 is 2.10 bits per heavy atom. The average molecular weight is 397 g/mol. The van der Waals surface area contributed by atoms with Crippen LogP contribution in [0, 0.1) is 13.8 Å². The molecule has 1 aromatic carbocycles. The Balaban J connectivity index is 1.77. The number of nitrogens with zero attached hydrogens (tertiary/aromatic N) is 6. The van der Waals surface area contributed by atoms with Gasteiger partial charge in [-0.25, -0.2) is 4.68 Å². The highest BCUT2D eigenvalue weighted by Crippen LogP contribution is 2.27. The van der Waals surface area contributed by atoms with Crippen LogP contribution in [0.15, 0.2) is 35.7 Å². The van der Waals surface area contributed by atoms with Gasteiger partial charge >= 0.3 is 0 Å². The third-order valence-electron chi connectivity index (χ3n) is 3.96. The maximum atomic E-state index is 11.6. The Morgan fingerprint density at radius 3 is 2.79 bits per heavy atom. The van der Waals surface area contributed by atoms with Gasteiger partial charge in [-0.05, 0) is 50.6 Å². The van der Waals surface area contributed by atoms with Gasteiger partial charge in [-0.15, -0.1) is 10.2 Å². The lowest BCUT2D eigenvalue weighted by Crippen LogP contribution is -2.28. The zero-order valence-electron chi connectivity index (χ0n) is 16.8. The lowest BCUT2D eigenvalue weighted by Gasteiger charge is -2.11. The Bertz CT molecular complexity index is 1020. The number of hydrogen-bond acceptors (Lipinski definition) is 7. The molecule has 0 radical (unpaired) electrons. The molecule has 0 saturated carbocycles. The number of likely N-dealkylation sites (N-methyl/N-ethyl adjacent to an activating group) is 1. The van der Waals surface area contributed by atoms with E-state index in [9.17, 15) is 4.79 Å². The van der Waals surface area contributed by atoms with E-state index in [0.717, 1.165) is 17.0 Å². The van der Waals surface area contributed by atoms with Crippen LogP contribution in [-0.2, 0) is 4.79 Å². The smallest absolute Gasteiger partial charge is 0.273 e. The van der Waals surface area contributed by atoms with Gasteiger partial charge in [0.15, 0.2) is 18.1 Å². The Labute approximate surface area is 168 Å². The minimum atomic E-state index is -0.190. The average Bonchev–Trinajstić information content (AvgIpc) is 3.30. The van der Waals surface area contributed by atoms with Gasteiger partial charge in [-0.3, -0.25) is 4.79 Å². The summed E-state index contributed by atoms with van der Waals surface area (Å²) in [5.74, 6) is 1.27. The van der Waals surface area contributed by atoms with Gasteiger partial charge in [0.1, 0.15) is 6.33 Å². The summed E-state index contributed by atoms with van der Waals surface area (Å²) in [4.78, 5) is 11.6. The van der Waals surface area contributed by atoms with Gasteiger partial charge in [-0.1, -0.05) is 0 Å². The first-order valence-corrected chi connectivity index (χ1v) is 9.07. The highest BCUT2D eigenvalue weighted by Gasteiger charge is 2.11. The summed E-state index contributed by atoms with van der Waals surface area (Å²) >= 11 is 0. The van der Waals surface area contributed by atoms with Crippen LogP contribution in [0.1, 0.15) is 23.9 Å². The van der Waals surface area contributed by atoms with Gasteiger partial charge in [0.25, 0.3) is 11.9 Å². The van der Waals surface area contributed by atoms with Crippen molar-refractivity contribution >= 4 is 12.1 Å². The number of methoxy groups -OCH3 is 1. The summed E-state index contributed by atoms with van der Waals surface area (Å²) in [6.45, 7) is 6.17. The summed E-state index contributed by atoms with van der Waals surface area (Å²) < 4.78 is 14.1. The lowest BCUT2D eigenvalue weighted by molar-refractivity contribution is -0.123. The highest BCUT2D eigenvalue weighted by molar-refractivity contribution is 5.81. The molecule has 10 heteroatoms. The van der Waals surface area contributed by atoms with Crippen LogP contribution in [0.25, 0.3) is 5.95 Å². The van der Waals surface area contributed by atoms with E-state index in [4.69, 9.17) is 9.47 Å². The van der Waals surface area contributed by atoms with E-state index in [1.807, 2.05) is 32.9 Å². The van der Waals surface area contributed by atoms with Crippen LogP contribution in [0.4, 0.5) is 0 Å². The van der Waals surface area contributed by atoms with Gasteiger partial charge in [0.2, 0.25) is 0 Å². The van der Waals surface area contributed by atoms with Crippen molar-refractivity contribution in [2.45, 2.75) is 20.8 Å². The lowest BCUT2D eigenvalue weighted by atomic mass is 10.2. The van der Waals surface area contributed by atoms with Crippen molar-refractivity contribution < 1.29 is 14.3 Å². The van der Waals surface area contributed by atoms with Crippen LogP contribution < -0.4 is 14.8 Å². The topological polar surface area (TPSA) is 108 Å². The number of benzene rings is 1. The summed E-state index contributed by atoms with van der Waals surface area (Å²) in [6, 6.07) is 7.26. The summed E-state index contributed by atoms with van der Waals surface area (Å²) in [6.07, 6.45) is 3.15. The van der Waals surface area contributed by atoms with E-state index < -0.39 is 0 Å². The molecular formula is C19H23N7O3. The number of aromatic nitrogens is 5. The van der Waals surface area contributed by atoms with Crippen LogP contribution >= 0.6 is 0 Å². The summed E-state index contributed by atoms with van der Waals surface area (Å²) in [5, 5.41) is 19.5. The molecule has 152 valence electrons. The predicted octanol–water partition coefficient (Wildman–Crippen LogP) is 1.49. The molecule has 29 heavy (non-hydrogen) atoms. The molecule has 1 N–H and O–H groups in total. The molecule has 0 bridgehead atoms. The number of nitrogens with one attached hydrogen (secondary N) is 1. The van der Waals surface area contributed by atoms with Gasteiger partial charge in [-0.2, -0.15) is 14.9 Å². The molecule has 0 aliphatic carbocycles. The number of carbonyl (C=O) groups excluding carboxylic acids is 1. The number of hydrogen-bond donors (Lipinski definition) is 1. The molecule has 2 aromatic heterocycles. The summed E-state index contributed by atoms with van der Waals surface area (Å²) in [5.41, 5.74) is 2.59. The molecule has 10 nitrogen and oxygen atoms in total. The van der Waals surface area contributed by atoms with Crippen molar-refractivity contribution in [2.75, 3.05) is 20.3 Å². The standard InChI is InChI=1S/C19H23N7O3/c1-5-20-18(27)11-29-16-7-6-15(9-17(16)28-4)10-22-25-12-21-23-19(25)26-14(3)8-13(2)24-26/h6-10,12H,5,11H2,1-4H3,(H,20,27)/b22-10-. The van der Waals surface area contributed by atoms with Crippen molar-refractivity contribution in [1.29, 1.82) is 0 Å². The molecule has 0 aliphatic rings. The molecular weight excluding hydrogens is 374 g/mol. The molecule has 0 fully saturated rings. The second-order valence-electron chi connectivity index (χ2n) is 6.21. The van der Waals surface area contributed by atoms with Crippen molar-refractivity contribution in [2.24, 2.45) is 5.10 Å². The monoisotopic (exact) mass is 397 g/mol. The van der Waals surface area contributed by atoms with Gasteiger partial charge in [0.05, 0.1) is 19.0 Å². The maximum Gasteiger partial charge on any atom is 0.273 e. The Kier molecular flexibility index (Phi) is 6.22. The molecule has 0 atom stereocenters. The molecule has 0 spiro atoms. The maximum absolute atomic E-state index is 11.6. The van der Waals surface area contributed by atoms with Crippen molar-refractivity contribution in [3.8, 4) is 17.4 Å². The van der Waals surface area contributed by atoms with E-state index in [1.165, 1.54) is 18.1 Å². The molecule has 0 saturated heterocycles. The number of amides is 1. The van der Waals surface area contributed by atoms with Crippen LogP contribution in [0.5, 0.6) is 11.5 Å². The van der Waals surface area contributed by atoms with E-state index in [-0.39, 0.29) is 12.5 Å². The van der Waals surface area contributed by atoms with Crippen LogP contribution in [-0.4, -0.2) is 57.0 Å². The fraction of sp³-hybridized carbons (Fsp3) is 0.316. The third kappa shape index (κ3) is 4.78. The highest BCUT2D eigenvalue weighted by atomic mass is 16.5. The normalized spacial score (nSPS) is 11.0. The zero-order valence-corrected chi connectivity index (χ0v) is 16.8. The Morgan fingerprint density at radius 1 is 1.28 bits per heavy atom. The van der Waals surface area contributed by atoms with E-state index in [0.29, 0.717) is 24.0 Å². The number of carbonyl (C=O) groups is 1. The fourth-order valence-corrected chi connectivity index (χ4v) is 2.68. The van der Waals surface area contributed by atoms with E-state index in [1.54, 1.807) is 23.0 Å². The number of ether oxygens (including phenoxy) is 2. The Hall–Kier alpha value is -3.69. The van der Waals surface area contributed by atoms with Crippen LogP contribution in [0.3, 0.4) is 0 Å². The predicted molar refractivity (Wildman–Crippen MR) is 107 cm³/mol. The SMILES string of the molecule is CCNC(=O)COc1ccc(/C=N\n2cnnc2-n2nc(C)cc2C)cc1OC. The quantitative estimate of drug-likeness (QED) is 0.577. The fourth-order valence-electron chi connectivity index (χ4n) is 2.68. The van der Waals surface area contributed by atoms with Gasteiger partial charge < -0.3 is 14.8 Å². The molecule has 3 aromatic rings. The van der Waals surface area contributed by atoms with Crippen molar-refractivity contribution in [3.05, 3.63) is 47.5 Å². The van der Waals surface area contributed by atoms with Crippen molar-refractivity contribution in [3.63, 3.8) is 0 Å². The zero-order chi connectivity index (χ0) is 20.8.